The summed E-state index contributed by atoms with van der Waals surface area (Å²) in [5.41, 5.74) is 10.2. The van der Waals surface area contributed by atoms with Crippen LogP contribution in [0.5, 0.6) is 11.5 Å². The van der Waals surface area contributed by atoms with Gasteiger partial charge in [-0.2, -0.15) is 17.2 Å². The van der Waals surface area contributed by atoms with Gasteiger partial charge in [0.2, 0.25) is 0 Å². The molecule has 7 rings (SSSR count). The van der Waals surface area contributed by atoms with Crippen LogP contribution in [-0.2, 0) is 33.9 Å². The van der Waals surface area contributed by atoms with E-state index in [0.29, 0.717) is 11.5 Å². The maximum atomic E-state index is 6.52. The van der Waals surface area contributed by atoms with Gasteiger partial charge in [-0.1, -0.05) is 95.4 Å². The molecule has 7 aromatic rings. The Morgan fingerprint density at radius 1 is 0.774 bits per heavy atom. The molecule has 53 heavy (non-hydrogen) atoms. The first-order valence-electron chi connectivity index (χ1n) is 18.8. The molecule has 0 atom stereocenters. The van der Waals surface area contributed by atoms with E-state index < -0.39 is 0 Å². The predicted molar refractivity (Wildman–Crippen MR) is 215 cm³/mol. The third-order valence-corrected chi connectivity index (χ3v) is 9.97. The zero-order valence-electron chi connectivity index (χ0n) is 32.1. The average molecular weight is 882 g/mol. The summed E-state index contributed by atoms with van der Waals surface area (Å²) in [4.78, 5) is 4.91. The van der Waals surface area contributed by atoms with E-state index in [1.54, 1.807) is 0 Å². The van der Waals surface area contributed by atoms with E-state index in [9.17, 15) is 0 Å². The molecule has 0 N–H and O–H groups in total. The molecule has 0 aliphatic carbocycles. The summed E-state index contributed by atoms with van der Waals surface area (Å²) in [6.07, 6.45) is 8.85. The summed E-state index contributed by atoms with van der Waals surface area (Å²) >= 11 is 0. The topological polar surface area (TPSA) is 44.9 Å². The molecule has 6 heteroatoms. The molecular formula is C47H50N4OPt. The first kappa shape index (κ1) is 38.3. The molecule has 0 radical (unpaired) electrons. The Kier molecular flexibility index (Phi) is 11.7. The summed E-state index contributed by atoms with van der Waals surface area (Å²) < 4.78 is 10.7. The van der Waals surface area contributed by atoms with Crippen molar-refractivity contribution >= 4 is 21.8 Å². The Hall–Kier alpha value is -4.47. The molecule has 4 aromatic carbocycles. The van der Waals surface area contributed by atoms with Gasteiger partial charge in [0.15, 0.2) is 0 Å². The molecule has 0 saturated heterocycles. The van der Waals surface area contributed by atoms with Crippen molar-refractivity contribution in [3.63, 3.8) is 0 Å². The molecule has 274 valence electrons. The number of unbranched alkanes of at least 4 members (excludes halogenated alkanes) is 1. The zero-order valence-corrected chi connectivity index (χ0v) is 34.3. The first-order valence-corrected chi connectivity index (χ1v) is 18.8. The third-order valence-electron chi connectivity index (χ3n) is 9.97. The van der Waals surface area contributed by atoms with Gasteiger partial charge in [-0.3, -0.25) is 4.68 Å². The van der Waals surface area contributed by atoms with Crippen molar-refractivity contribution < 1.29 is 25.8 Å². The molecule has 3 heterocycles. The minimum absolute atomic E-state index is 0. The van der Waals surface area contributed by atoms with Gasteiger partial charge >= 0.3 is 21.1 Å². The van der Waals surface area contributed by atoms with Crippen molar-refractivity contribution in [2.75, 3.05) is 0 Å². The first-order chi connectivity index (χ1) is 25.0. The monoisotopic (exact) mass is 881 g/mol. The molecule has 0 fully saturated rings. The Morgan fingerprint density at radius 3 is 2.32 bits per heavy atom. The van der Waals surface area contributed by atoms with Crippen LogP contribution in [-0.4, -0.2) is 19.3 Å². The number of hydrogen-bond donors (Lipinski definition) is 0. The van der Waals surface area contributed by atoms with E-state index >= 15 is 0 Å². The van der Waals surface area contributed by atoms with E-state index in [1.807, 2.05) is 41.2 Å². The molecule has 0 unspecified atom stereocenters. The molecule has 0 spiro atoms. The van der Waals surface area contributed by atoms with Gasteiger partial charge in [-0.15, -0.1) is 35.7 Å². The largest absolute Gasteiger partial charge is 2.00 e. The van der Waals surface area contributed by atoms with Crippen LogP contribution >= 0.6 is 0 Å². The van der Waals surface area contributed by atoms with Gasteiger partial charge in [0.05, 0.1) is 5.69 Å². The minimum atomic E-state index is 0. The number of nitrogens with zero attached hydrogens (tertiary/aromatic N) is 4. The van der Waals surface area contributed by atoms with E-state index in [1.165, 1.54) is 35.8 Å². The molecule has 0 bridgehead atoms. The van der Waals surface area contributed by atoms with Crippen LogP contribution in [0.2, 0.25) is 0 Å². The summed E-state index contributed by atoms with van der Waals surface area (Å²) in [5.74, 6) is 2.87. The Bertz CT molecular complexity index is 2330. The molecule has 0 aliphatic rings. The van der Waals surface area contributed by atoms with Gasteiger partial charge in [0.25, 0.3) is 0 Å². The van der Waals surface area contributed by atoms with Crippen LogP contribution in [0, 0.1) is 37.3 Å². The second-order valence-corrected chi connectivity index (χ2v) is 15.8. The minimum Gasteiger partial charge on any atom is -0.509 e. The van der Waals surface area contributed by atoms with Gasteiger partial charge in [-0.25, -0.2) is 4.98 Å². The maximum Gasteiger partial charge on any atom is 2.00 e. The molecule has 3 aromatic heterocycles. The number of benzene rings is 4. The molecule has 0 amide bonds. The van der Waals surface area contributed by atoms with Crippen LogP contribution in [0.15, 0.2) is 97.2 Å². The predicted octanol–water partition coefficient (Wildman–Crippen LogP) is 12.4. The van der Waals surface area contributed by atoms with Crippen molar-refractivity contribution in [2.24, 2.45) is 11.3 Å². The number of fused-ring (bicyclic) bond motifs is 3. The summed E-state index contributed by atoms with van der Waals surface area (Å²) in [6.45, 7) is 15.7. The zero-order chi connectivity index (χ0) is 36.4. The van der Waals surface area contributed by atoms with E-state index in [4.69, 9.17) is 14.8 Å². The van der Waals surface area contributed by atoms with Crippen molar-refractivity contribution in [3.05, 3.63) is 132 Å². The molecule has 0 aliphatic heterocycles. The second-order valence-electron chi connectivity index (χ2n) is 15.8. The van der Waals surface area contributed by atoms with Gasteiger partial charge < -0.3 is 9.30 Å². The quantitative estimate of drug-likeness (QED) is 0.0907. The van der Waals surface area contributed by atoms with Crippen LogP contribution < -0.4 is 4.74 Å². The summed E-state index contributed by atoms with van der Waals surface area (Å²) in [6, 6.07) is 39.0. The fraction of sp³-hybridized carbons (Fsp3) is 0.319. The van der Waals surface area contributed by atoms with Crippen molar-refractivity contribution in [3.8, 4) is 34.1 Å². The number of ether oxygens (including phenoxy) is 1. The number of rotatable bonds is 12. The molecule has 5 nitrogen and oxygen atoms in total. The smallest absolute Gasteiger partial charge is 0.509 e. The molecular weight excluding hydrogens is 832 g/mol. The Labute approximate surface area is 329 Å². The SMILES string of the molecule is Cc1nn(-c2[c-]c(Oc3[c-]c4c(cc3)c3cc(CCCCC(C)C)ccc3n4-c3cc(CCC(C)(C)C)ccn3)ccc2)c(C)c1-c1ccccc1.[Pt+2]. The molecule has 0 saturated carbocycles. The van der Waals surface area contributed by atoms with Crippen molar-refractivity contribution in [1.29, 1.82) is 0 Å². The maximum absolute atomic E-state index is 6.52. The summed E-state index contributed by atoms with van der Waals surface area (Å²) in [7, 11) is 0. The normalized spacial score (nSPS) is 11.8. The van der Waals surface area contributed by atoms with E-state index in [2.05, 4.69) is 126 Å². The van der Waals surface area contributed by atoms with E-state index in [-0.39, 0.29) is 26.5 Å². The standard InChI is InChI=1S/C47H50N4O.Pt/c1-32(2)14-11-12-15-35-20-23-43-42(28-35)41-22-21-40(31-44(41)50(43)45-29-36(25-27-48-45)24-26-47(5,6)7)52-39-19-13-18-38(30-39)51-34(4)46(33(3)49-51)37-16-9-8-10-17-37;/h8-10,13,16-23,25,27-29,32H,11-12,14-15,24,26H2,1-7H3;/q-2;+2. The van der Waals surface area contributed by atoms with Crippen LogP contribution in [0.1, 0.15) is 82.8 Å². The Morgan fingerprint density at radius 2 is 1.55 bits per heavy atom. The number of hydrogen-bond acceptors (Lipinski definition) is 3. The fourth-order valence-electron chi connectivity index (χ4n) is 7.20. The van der Waals surface area contributed by atoms with E-state index in [0.717, 1.165) is 75.6 Å². The van der Waals surface area contributed by atoms with Crippen LogP contribution in [0.4, 0.5) is 0 Å². The Balaban J connectivity index is 0.00000481. The summed E-state index contributed by atoms with van der Waals surface area (Å²) in [5, 5.41) is 7.26. The van der Waals surface area contributed by atoms with Gasteiger partial charge in [0.1, 0.15) is 5.82 Å². The number of aryl methyl sites for hydroxylation is 3. The van der Waals surface area contributed by atoms with Crippen molar-refractivity contribution in [2.45, 2.75) is 87.0 Å². The van der Waals surface area contributed by atoms with Crippen LogP contribution in [0.3, 0.4) is 0 Å². The third kappa shape index (κ3) is 8.68. The van der Waals surface area contributed by atoms with Gasteiger partial charge in [-0.05, 0) is 96.8 Å². The number of pyridine rings is 1. The number of aromatic nitrogens is 4. The van der Waals surface area contributed by atoms with Crippen LogP contribution in [0.25, 0.3) is 44.4 Å². The average Bonchev–Trinajstić information content (AvgIpc) is 3.61. The van der Waals surface area contributed by atoms with Crippen molar-refractivity contribution in [1.82, 2.24) is 19.3 Å². The fourth-order valence-corrected chi connectivity index (χ4v) is 7.20. The second kappa shape index (κ2) is 16.3. The van der Waals surface area contributed by atoms with Gasteiger partial charge in [0, 0.05) is 34.5 Å².